The van der Waals surface area contributed by atoms with Crippen molar-refractivity contribution in [3.8, 4) is 0 Å². The van der Waals surface area contributed by atoms with Crippen molar-refractivity contribution in [3.63, 3.8) is 0 Å². The standard InChI is InChI=1S/C16H19N3O/c1-2-6-13(7-3-1)16(8-9-16)15-18-14(20-19-15)12-5-4-10-17-11-12/h1-3,6-7,12,17H,4-5,8-11H2/t12-/m0/s1. The highest BCUT2D eigenvalue weighted by Gasteiger charge is 2.50. The van der Waals surface area contributed by atoms with Crippen LogP contribution in [-0.2, 0) is 5.41 Å². The third kappa shape index (κ3) is 1.95. The number of aromatic nitrogens is 2. The maximum atomic E-state index is 5.55. The first-order valence-electron chi connectivity index (χ1n) is 7.49. The summed E-state index contributed by atoms with van der Waals surface area (Å²) in [6.45, 7) is 2.06. The molecule has 4 heteroatoms. The van der Waals surface area contributed by atoms with Crippen LogP contribution in [0.4, 0.5) is 0 Å². The molecule has 2 heterocycles. The Morgan fingerprint density at radius 1 is 1.20 bits per heavy atom. The van der Waals surface area contributed by atoms with Crippen molar-refractivity contribution in [2.45, 2.75) is 37.0 Å². The van der Waals surface area contributed by atoms with E-state index in [1.165, 1.54) is 12.0 Å². The Morgan fingerprint density at radius 3 is 2.75 bits per heavy atom. The quantitative estimate of drug-likeness (QED) is 0.930. The summed E-state index contributed by atoms with van der Waals surface area (Å²) in [5, 5.41) is 7.69. The molecule has 1 aliphatic heterocycles. The van der Waals surface area contributed by atoms with Gasteiger partial charge in [0.2, 0.25) is 5.89 Å². The lowest BCUT2D eigenvalue weighted by atomic mass is 9.95. The van der Waals surface area contributed by atoms with Crippen LogP contribution in [0.25, 0.3) is 0 Å². The fourth-order valence-corrected chi connectivity index (χ4v) is 3.18. The van der Waals surface area contributed by atoms with Crippen LogP contribution in [0.5, 0.6) is 0 Å². The third-order valence-corrected chi connectivity index (χ3v) is 4.59. The van der Waals surface area contributed by atoms with Crippen molar-refractivity contribution in [1.29, 1.82) is 0 Å². The summed E-state index contributed by atoms with van der Waals surface area (Å²) in [6, 6.07) is 10.6. The van der Waals surface area contributed by atoms with Crippen molar-refractivity contribution in [1.82, 2.24) is 15.5 Å². The van der Waals surface area contributed by atoms with E-state index in [1.807, 2.05) is 0 Å². The molecule has 2 aliphatic rings. The lowest BCUT2D eigenvalue weighted by Gasteiger charge is -2.18. The Hall–Kier alpha value is -1.68. The number of benzene rings is 1. The molecule has 0 spiro atoms. The van der Waals surface area contributed by atoms with E-state index in [1.54, 1.807) is 0 Å². The molecule has 4 nitrogen and oxygen atoms in total. The van der Waals surface area contributed by atoms with Crippen molar-refractivity contribution >= 4 is 0 Å². The minimum absolute atomic E-state index is 0.0190. The first-order chi connectivity index (χ1) is 9.88. The van der Waals surface area contributed by atoms with E-state index in [-0.39, 0.29) is 5.41 Å². The van der Waals surface area contributed by atoms with E-state index in [9.17, 15) is 0 Å². The summed E-state index contributed by atoms with van der Waals surface area (Å²) in [4.78, 5) is 4.73. The highest BCUT2D eigenvalue weighted by Crippen LogP contribution is 2.52. The molecule has 0 radical (unpaired) electrons. The largest absolute Gasteiger partial charge is 0.339 e. The molecule has 2 fully saturated rings. The third-order valence-electron chi connectivity index (χ3n) is 4.59. The number of hydrogen-bond donors (Lipinski definition) is 1. The first-order valence-corrected chi connectivity index (χ1v) is 7.49. The van der Waals surface area contributed by atoms with Gasteiger partial charge in [-0.2, -0.15) is 4.98 Å². The Labute approximate surface area is 118 Å². The summed E-state index contributed by atoms with van der Waals surface area (Å²) in [7, 11) is 0. The van der Waals surface area contributed by atoms with Crippen LogP contribution in [0.1, 0.15) is 48.9 Å². The fourth-order valence-electron chi connectivity index (χ4n) is 3.18. The molecule has 0 bridgehead atoms. The van der Waals surface area contributed by atoms with Gasteiger partial charge < -0.3 is 9.84 Å². The zero-order valence-corrected chi connectivity index (χ0v) is 11.5. The maximum Gasteiger partial charge on any atom is 0.231 e. The molecule has 20 heavy (non-hydrogen) atoms. The lowest BCUT2D eigenvalue weighted by Crippen LogP contribution is -2.28. The van der Waals surface area contributed by atoms with Gasteiger partial charge in [0.05, 0.1) is 11.3 Å². The van der Waals surface area contributed by atoms with Gasteiger partial charge in [-0.3, -0.25) is 0 Å². The van der Waals surface area contributed by atoms with Crippen LogP contribution >= 0.6 is 0 Å². The zero-order chi connectivity index (χ0) is 13.4. The summed E-state index contributed by atoms with van der Waals surface area (Å²) in [6.07, 6.45) is 4.58. The molecule has 1 aromatic carbocycles. The van der Waals surface area contributed by atoms with Crippen LogP contribution in [0.2, 0.25) is 0 Å². The van der Waals surface area contributed by atoms with Gasteiger partial charge in [0.15, 0.2) is 5.82 Å². The van der Waals surface area contributed by atoms with Gasteiger partial charge in [-0.25, -0.2) is 0 Å². The van der Waals surface area contributed by atoms with Gasteiger partial charge >= 0.3 is 0 Å². The van der Waals surface area contributed by atoms with Gasteiger partial charge in [-0.05, 0) is 37.8 Å². The highest BCUT2D eigenvalue weighted by molar-refractivity contribution is 5.38. The Kier molecular flexibility index (Phi) is 2.84. The minimum Gasteiger partial charge on any atom is -0.339 e. The van der Waals surface area contributed by atoms with Crippen LogP contribution in [0.15, 0.2) is 34.9 Å². The number of nitrogens with zero attached hydrogens (tertiary/aromatic N) is 2. The molecule has 1 aliphatic carbocycles. The molecule has 1 saturated carbocycles. The SMILES string of the molecule is c1ccc(C2(c3noc([C@H]4CCCNC4)n3)CC2)cc1. The van der Waals surface area contributed by atoms with E-state index in [0.717, 1.165) is 44.1 Å². The van der Waals surface area contributed by atoms with E-state index in [2.05, 4.69) is 40.8 Å². The Bertz CT molecular complexity index is 583. The van der Waals surface area contributed by atoms with E-state index < -0.39 is 0 Å². The molecular formula is C16H19N3O. The van der Waals surface area contributed by atoms with Crippen molar-refractivity contribution in [3.05, 3.63) is 47.6 Å². The van der Waals surface area contributed by atoms with E-state index >= 15 is 0 Å². The van der Waals surface area contributed by atoms with Crippen molar-refractivity contribution < 1.29 is 4.52 Å². The van der Waals surface area contributed by atoms with Crippen molar-refractivity contribution in [2.24, 2.45) is 0 Å². The monoisotopic (exact) mass is 269 g/mol. The zero-order valence-electron chi connectivity index (χ0n) is 11.5. The molecule has 104 valence electrons. The highest BCUT2D eigenvalue weighted by atomic mass is 16.5. The smallest absolute Gasteiger partial charge is 0.231 e. The second-order valence-electron chi connectivity index (χ2n) is 5.95. The van der Waals surface area contributed by atoms with Gasteiger partial charge in [-0.15, -0.1) is 0 Å². The second kappa shape index (κ2) is 4.70. The molecule has 2 aromatic rings. The molecule has 1 N–H and O–H groups in total. The number of rotatable bonds is 3. The summed E-state index contributed by atoms with van der Waals surface area (Å²) in [5.41, 5.74) is 1.33. The normalized spacial score (nSPS) is 24.5. The van der Waals surface area contributed by atoms with Crippen LogP contribution in [0, 0.1) is 0 Å². The topological polar surface area (TPSA) is 51.0 Å². The number of hydrogen-bond acceptors (Lipinski definition) is 4. The van der Waals surface area contributed by atoms with E-state index in [0.29, 0.717) is 5.92 Å². The number of piperidine rings is 1. The predicted molar refractivity (Wildman–Crippen MR) is 75.6 cm³/mol. The summed E-state index contributed by atoms with van der Waals surface area (Å²) >= 11 is 0. The first kappa shape index (κ1) is 12.1. The molecule has 1 atom stereocenters. The lowest BCUT2D eigenvalue weighted by molar-refractivity contribution is 0.319. The van der Waals surface area contributed by atoms with Gasteiger partial charge in [0, 0.05) is 6.54 Å². The average Bonchev–Trinajstić information content (AvgIpc) is 3.19. The maximum absolute atomic E-state index is 5.55. The van der Waals surface area contributed by atoms with Gasteiger partial charge in [0.1, 0.15) is 0 Å². The Morgan fingerprint density at radius 2 is 2.05 bits per heavy atom. The van der Waals surface area contributed by atoms with Crippen LogP contribution in [-0.4, -0.2) is 23.2 Å². The van der Waals surface area contributed by atoms with Crippen LogP contribution in [0.3, 0.4) is 0 Å². The Balaban J connectivity index is 1.62. The van der Waals surface area contributed by atoms with Crippen molar-refractivity contribution in [2.75, 3.05) is 13.1 Å². The number of nitrogens with one attached hydrogen (secondary N) is 1. The molecular weight excluding hydrogens is 250 g/mol. The summed E-state index contributed by atoms with van der Waals surface area (Å²) < 4.78 is 5.55. The average molecular weight is 269 g/mol. The fraction of sp³-hybridized carbons (Fsp3) is 0.500. The van der Waals surface area contributed by atoms with E-state index in [4.69, 9.17) is 9.51 Å². The summed E-state index contributed by atoms with van der Waals surface area (Å²) in [5.74, 6) is 2.08. The minimum atomic E-state index is 0.0190. The second-order valence-corrected chi connectivity index (χ2v) is 5.95. The van der Waals surface area contributed by atoms with Crippen LogP contribution < -0.4 is 5.32 Å². The molecule has 4 rings (SSSR count). The van der Waals surface area contributed by atoms with Gasteiger partial charge in [-0.1, -0.05) is 35.5 Å². The molecule has 0 amide bonds. The molecule has 1 aromatic heterocycles. The molecule has 1 saturated heterocycles. The molecule has 0 unspecified atom stereocenters. The predicted octanol–water partition coefficient (Wildman–Crippen LogP) is 2.62. The van der Waals surface area contributed by atoms with Gasteiger partial charge in [0.25, 0.3) is 0 Å².